The molecule has 1 aromatic carbocycles. The summed E-state index contributed by atoms with van der Waals surface area (Å²) in [5.41, 5.74) is 0.871. The largest absolute Gasteiger partial charge is 0.481 e. The minimum Gasteiger partial charge on any atom is -0.481 e. The molecule has 0 radical (unpaired) electrons. The molecule has 3 rings (SSSR count). The van der Waals surface area contributed by atoms with Crippen molar-refractivity contribution >= 4 is 11.9 Å². The number of carbonyl (C=O) groups excluding carboxylic acids is 1. The Bertz CT molecular complexity index is 792. The molecule has 1 aromatic heterocycles. The average Bonchev–Trinajstić information content (AvgIpc) is 3.03. The van der Waals surface area contributed by atoms with Crippen molar-refractivity contribution in [2.75, 3.05) is 6.54 Å². The van der Waals surface area contributed by atoms with Crippen LogP contribution in [0.4, 0.5) is 4.39 Å². The standard InChI is InChI=1S/C17H19FN4O3/c1-11-5-6-13(17(24)25)9-22(11)16(23)15-10-21(20-19-15)8-12-3-2-4-14(18)7-12/h2-4,7,10-11,13H,5-6,8-9H2,1H3,(H,24,25). The van der Waals surface area contributed by atoms with Crippen LogP contribution in [0, 0.1) is 11.7 Å². The van der Waals surface area contributed by atoms with E-state index in [1.165, 1.54) is 23.0 Å². The molecule has 1 aliphatic rings. The first-order valence-corrected chi connectivity index (χ1v) is 8.12. The van der Waals surface area contributed by atoms with Gasteiger partial charge in [-0.15, -0.1) is 5.10 Å². The Morgan fingerprint density at radius 1 is 1.36 bits per heavy atom. The molecule has 0 aliphatic carbocycles. The fourth-order valence-electron chi connectivity index (χ4n) is 3.03. The highest BCUT2D eigenvalue weighted by molar-refractivity contribution is 5.92. The quantitative estimate of drug-likeness (QED) is 0.912. The minimum absolute atomic E-state index is 0.0449. The molecule has 132 valence electrons. The molecule has 25 heavy (non-hydrogen) atoms. The third-order valence-electron chi connectivity index (χ3n) is 4.48. The van der Waals surface area contributed by atoms with E-state index in [1.807, 2.05) is 6.92 Å². The van der Waals surface area contributed by atoms with Crippen LogP contribution in [0.2, 0.25) is 0 Å². The van der Waals surface area contributed by atoms with Gasteiger partial charge in [0.2, 0.25) is 0 Å². The van der Waals surface area contributed by atoms with Crippen molar-refractivity contribution < 1.29 is 19.1 Å². The van der Waals surface area contributed by atoms with Gasteiger partial charge in [0.05, 0.1) is 18.7 Å². The lowest BCUT2D eigenvalue weighted by molar-refractivity contribution is -0.143. The van der Waals surface area contributed by atoms with Crippen LogP contribution >= 0.6 is 0 Å². The van der Waals surface area contributed by atoms with Crippen molar-refractivity contribution in [1.82, 2.24) is 19.9 Å². The fourth-order valence-corrected chi connectivity index (χ4v) is 3.03. The first-order chi connectivity index (χ1) is 11.9. The third kappa shape index (κ3) is 3.84. The highest BCUT2D eigenvalue weighted by Crippen LogP contribution is 2.23. The van der Waals surface area contributed by atoms with Gasteiger partial charge in [0, 0.05) is 12.6 Å². The number of aliphatic carboxylic acids is 1. The van der Waals surface area contributed by atoms with Gasteiger partial charge in [0.15, 0.2) is 5.69 Å². The highest BCUT2D eigenvalue weighted by atomic mass is 19.1. The summed E-state index contributed by atoms with van der Waals surface area (Å²) in [4.78, 5) is 25.4. The van der Waals surface area contributed by atoms with Crippen molar-refractivity contribution in [3.8, 4) is 0 Å². The van der Waals surface area contributed by atoms with Gasteiger partial charge in [-0.2, -0.15) is 0 Å². The van der Waals surface area contributed by atoms with E-state index < -0.39 is 11.9 Å². The number of piperidine rings is 1. The maximum Gasteiger partial charge on any atom is 0.308 e. The lowest BCUT2D eigenvalue weighted by Crippen LogP contribution is -2.47. The van der Waals surface area contributed by atoms with Gasteiger partial charge in [0.1, 0.15) is 5.82 Å². The lowest BCUT2D eigenvalue weighted by Gasteiger charge is -2.35. The fraction of sp³-hybridized carbons (Fsp3) is 0.412. The summed E-state index contributed by atoms with van der Waals surface area (Å²) in [6, 6.07) is 6.08. The molecule has 0 bridgehead atoms. The van der Waals surface area contributed by atoms with Gasteiger partial charge in [0.25, 0.3) is 5.91 Å². The maximum atomic E-state index is 13.2. The number of likely N-dealkylation sites (tertiary alicyclic amines) is 1. The zero-order valence-electron chi connectivity index (χ0n) is 13.8. The SMILES string of the molecule is CC1CCC(C(=O)O)CN1C(=O)c1cn(Cc2cccc(F)c2)nn1. The number of benzene rings is 1. The van der Waals surface area contributed by atoms with Gasteiger partial charge in [-0.25, -0.2) is 9.07 Å². The number of carbonyl (C=O) groups is 2. The van der Waals surface area contributed by atoms with Gasteiger partial charge >= 0.3 is 5.97 Å². The number of carboxylic acid groups (broad SMARTS) is 1. The lowest BCUT2D eigenvalue weighted by atomic mass is 9.93. The zero-order chi connectivity index (χ0) is 18.0. The molecule has 1 fully saturated rings. The van der Waals surface area contributed by atoms with Crippen molar-refractivity contribution in [3.05, 3.63) is 47.5 Å². The predicted molar refractivity (Wildman–Crippen MR) is 86.4 cm³/mol. The van der Waals surface area contributed by atoms with Crippen LogP contribution in [0.3, 0.4) is 0 Å². The van der Waals surface area contributed by atoms with Crippen molar-refractivity contribution in [1.29, 1.82) is 0 Å². The average molecular weight is 346 g/mol. The van der Waals surface area contributed by atoms with E-state index in [1.54, 1.807) is 17.0 Å². The number of amides is 1. The number of hydrogen-bond acceptors (Lipinski definition) is 4. The molecule has 2 aromatic rings. The van der Waals surface area contributed by atoms with E-state index in [2.05, 4.69) is 10.3 Å². The van der Waals surface area contributed by atoms with Crippen LogP contribution in [0.25, 0.3) is 0 Å². The van der Waals surface area contributed by atoms with E-state index in [0.29, 0.717) is 24.9 Å². The van der Waals surface area contributed by atoms with Crippen LogP contribution in [-0.2, 0) is 11.3 Å². The molecule has 0 saturated carbocycles. The second-order valence-corrected chi connectivity index (χ2v) is 6.35. The molecule has 7 nitrogen and oxygen atoms in total. The maximum absolute atomic E-state index is 13.2. The number of halogens is 1. The summed E-state index contributed by atoms with van der Waals surface area (Å²) >= 11 is 0. The van der Waals surface area contributed by atoms with Crippen LogP contribution in [0.15, 0.2) is 30.5 Å². The Hall–Kier alpha value is -2.77. The van der Waals surface area contributed by atoms with E-state index in [-0.39, 0.29) is 30.0 Å². The van der Waals surface area contributed by atoms with Crippen LogP contribution < -0.4 is 0 Å². The number of nitrogens with zero attached hydrogens (tertiary/aromatic N) is 4. The van der Waals surface area contributed by atoms with Crippen molar-refractivity contribution in [3.63, 3.8) is 0 Å². The molecule has 1 aliphatic heterocycles. The minimum atomic E-state index is -0.889. The normalized spacial score (nSPS) is 20.5. The number of rotatable bonds is 4. The summed E-state index contributed by atoms with van der Waals surface area (Å²) in [6.45, 7) is 2.37. The van der Waals surface area contributed by atoms with E-state index in [9.17, 15) is 19.1 Å². The Labute approximate surface area is 144 Å². The van der Waals surface area contributed by atoms with E-state index in [4.69, 9.17) is 0 Å². The Kier molecular flexibility index (Phi) is 4.78. The summed E-state index contributed by atoms with van der Waals surface area (Å²) in [7, 11) is 0. The summed E-state index contributed by atoms with van der Waals surface area (Å²) in [5.74, 6) is -2.11. The van der Waals surface area contributed by atoms with Gasteiger partial charge in [-0.05, 0) is 37.5 Å². The Morgan fingerprint density at radius 3 is 2.88 bits per heavy atom. The number of carboxylic acids is 1. The number of hydrogen-bond donors (Lipinski definition) is 1. The first-order valence-electron chi connectivity index (χ1n) is 8.12. The van der Waals surface area contributed by atoms with Gasteiger partial charge in [-0.3, -0.25) is 9.59 Å². The molecular weight excluding hydrogens is 327 g/mol. The molecule has 2 atom stereocenters. The second-order valence-electron chi connectivity index (χ2n) is 6.35. The highest BCUT2D eigenvalue weighted by Gasteiger charge is 2.33. The van der Waals surface area contributed by atoms with E-state index >= 15 is 0 Å². The van der Waals surface area contributed by atoms with Crippen LogP contribution in [0.5, 0.6) is 0 Å². The van der Waals surface area contributed by atoms with E-state index in [0.717, 1.165) is 0 Å². The third-order valence-corrected chi connectivity index (χ3v) is 4.48. The summed E-state index contributed by atoms with van der Waals surface area (Å²) < 4.78 is 14.7. The second kappa shape index (κ2) is 7.00. The van der Waals surface area contributed by atoms with Gasteiger partial charge < -0.3 is 10.0 Å². The molecule has 1 amide bonds. The smallest absolute Gasteiger partial charge is 0.308 e. The molecular formula is C17H19FN4O3. The topological polar surface area (TPSA) is 88.3 Å². The molecule has 8 heteroatoms. The van der Waals surface area contributed by atoms with Crippen molar-refractivity contribution in [2.45, 2.75) is 32.4 Å². The predicted octanol–water partition coefficient (Wildman–Crippen LogP) is 1.79. The Balaban J connectivity index is 1.72. The molecule has 1 saturated heterocycles. The molecule has 2 unspecified atom stereocenters. The number of aromatic nitrogens is 3. The van der Waals surface area contributed by atoms with Crippen LogP contribution in [-0.4, -0.2) is 49.5 Å². The molecule has 2 heterocycles. The van der Waals surface area contributed by atoms with Crippen LogP contribution in [0.1, 0.15) is 35.8 Å². The summed E-state index contributed by atoms with van der Waals surface area (Å²) in [5, 5.41) is 17.0. The Morgan fingerprint density at radius 2 is 2.16 bits per heavy atom. The van der Waals surface area contributed by atoms with Crippen molar-refractivity contribution in [2.24, 2.45) is 5.92 Å². The zero-order valence-corrected chi connectivity index (χ0v) is 13.8. The molecule has 1 N–H and O–H groups in total. The monoisotopic (exact) mass is 346 g/mol. The molecule has 0 spiro atoms. The first kappa shape index (κ1) is 17.1. The summed E-state index contributed by atoms with van der Waals surface area (Å²) in [6.07, 6.45) is 2.71. The van der Waals surface area contributed by atoms with Gasteiger partial charge in [-0.1, -0.05) is 17.3 Å².